The van der Waals surface area contributed by atoms with E-state index in [2.05, 4.69) is 4.98 Å². The lowest BCUT2D eigenvalue weighted by molar-refractivity contribution is 0.597. The van der Waals surface area contributed by atoms with Crippen molar-refractivity contribution in [1.29, 1.82) is 0 Å². The number of aromatic nitrogens is 1. The van der Waals surface area contributed by atoms with Crippen molar-refractivity contribution in [2.24, 2.45) is 5.14 Å². The maximum absolute atomic E-state index is 10.7. The topological polar surface area (TPSA) is 99.1 Å². The number of sulfonamides is 1. The molecule has 0 bridgehead atoms. The summed E-state index contributed by atoms with van der Waals surface area (Å²) < 4.78 is 21.4. The van der Waals surface area contributed by atoms with Crippen LogP contribution in [0.4, 0.5) is 5.82 Å². The lowest BCUT2D eigenvalue weighted by Crippen LogP contribution is -2.12. The molecular weight excluding hydrogens is 202 g/mol. The van der Waals surface area contributed by atoms with Crippen molar-refractivity contribution in [2.45, 2.75) is 4.90 Å². The molecule has 0 amide bonds. The summed E-state index contributed by atoms with van der Waals surface area (Å²) in [6.07, 6.45) is 1.29. The highest BCUT2D eigenvalue weighted by atomic mass is 35.5. The standard InChI is InChI=1S/C5H7N3O2S.ClH/c6-5-3-4(1-2-8-5)11(7,9)10;/h1-3H,(H2,6,8)(H2,7,9,10);1H. The molecule has 5 nitrogen and oxygen atoms in total. The van der Waals surface area contributed by atoms with E-state index in [1.807, 2.05) is 0 Å². The minimum absolute atomic E-state index is 0. The highest BCUT2D eigenvalue weighted by Crippen LogP contribution is 2.07. The molecule has 1 aromatic heterocycles. The maximum Gasteiger partial charge on any atom is 0.238 e. The Morgan fingerprint density at radius 2 is 2.00 bits per heavy atom. The van der Waals surface area contributed by atoms with E-state index in [0.29, 0.717) is 0 Å². The van der Waals surface area contributed by atoms with E-state index >= 15 is 0 Å². The number of primary sulfonamides is 1. The molecule has 12 heavy (non-hydrogen) atoms. The van der Waals surface area contributed by atoms with Crippen LogP contribution in [0, 0.1) is 0 Å². The summed E-state index contributed by atoms with van der Waals surface area (Å²) in [5, 5.41) is 4.81. The number of rotatable bonds is 1. The summed E-state index contributed by atoms with van der Waals surface area (Å²) in [5.74, 6) is 0.136. The summed E-state index contributed by atoms with van der Waals surface area (Å²) in [7, 11) is -3.65. The molecule has 0 aromatic carbocycles. The third-order valence-electron chi connectivity index (χ3n) is 1.08. The van der Waals surface area contributed by atoms with E-state index in [0.717, 1.165) is 0 Å². The van der Waals surface area contributed by atoms with Crippen molar-refractivity contribution in [3.05, 3.63) is 18.3 Å². The molecule has 0 aliphatic carbocycles. The zero-order chi connectivity index (χ0) is 8.48. The van der Waals surface area contributed by atoms with Gasteiger partial charge in [0.15, 0.2) is 0 Å². The van der Waals surface area contributed by atoms with Crippen LogP contribution in [-0.4, -0.2) is 13.4 Å². The molecule has 0 spiro atoms. The number of halogens is 1. The van der Waals surface area contributed by atoms with Crippen LogP contribution in [0.3, 0.4) is 0 Å². The number of hydrogen-bond acceptors (Lipinski definition) is 4. The van der Waals surface area contributed by atoms with Gasteiger partial charge in [-0.1, -0.05) is 0 Å². The van der Waals surface area contributed by atoms with Crippen molar-refractivity contribution in [3.63, 3.8) is 0 Å². The van der Waals surface area contributed by atoms with Gasteiger partial charge in [-0.2, -0.15) is 0 Å². The molecule has 0 saturated carbocycles. The molecule has 0 saturated heterocycles. The minimum Gasteiger partial charge on any atom is -0.384 e. The summed E-state index contributed by atoms with van der Waals surface area (Å²) in [4.78, 5) is 3.59. The van der Waals surface area contributed by atoms with Gasteiger partial charge in [0, 0.05) is 12.3 Å². The molecule has 1 heterocycles. The predicted octanol–water partition coefficient (Wildman–Crippen LogP) is -0.267. The van der Waals surface area contributed by atoms with Crippen LogP contribution in [0.15, 0.2) is 23.2 Å². The summed E-state index contributed by atoms with van der Waals surface area (Å²) >= 11 is 0. The van der Waals surface area contributed by atoms with Crippen LogP contribution < -0.4 is 10.9 Å². The molecule has 0 aliphatic heterocycles. The Balaban J connectivity index is 0.00000121. The number of anilines is 1. The zero-order valence-corrected chi connectivity index (χ0v) is 7.60. The second-order valence-corrected chi connectivity index (χ2v) is 3.52. The number of nitrogens with two attached hydrogens (primary N) is 2. The van der Waals surface area contributed by atoms with E-state index in [4.69, 9.17) is 10.9 Å². The second-order valence-electron chi connectivity index (χ2n) is 1.96. The summed E-state index contributed by atoms with van der Waals surface area (Å²) in [6, 6.07) is 2.49. The Hall–Kier alpha value is -0.850. The molecule has 0 aliphatic rings. The number of pyridine rings is 1. The van der Waals surface area contributed by atoms with Crippen LogP contribution in [-0.2, 0) is 10.0 Å². The molecule has 1 rings (SSSR count). The first kappa shape index (κ1) is 11.2. The third-order valence-corrected chi connectivity index (χ3v) is 1.99. The summed E-state index contributed by atoms with van der Waals surface area (Å²) in [5.41, 5.74) is 5.22. The Morgan fingerprint density at radius 1 is 1.42 bits per heavy atom. The smallest absolute Gasteiger partial charge is 0.238 e. The van der Waals surface area contributed by atoms with Gasteiger partial charge in [0.05, 0.1) is 4.90 Å². The molecule has 0 radical (unpaired) electrons. The monoisotopic (exact) mass is 209 g/mol. The van der Waals surface area contributed by atoms with Gasteiger partial charge >= 0.3 is 0 Å². The van der Waals surface area contributed by atoms with Gasteiger partial charge in [0.2, 0.25) is 10.0 Å². The average molecular weight is 210 g/mol. The summed E-state index contributed by atoms with van der Waals surface area (Å²) in [6.45, 7) is 0. The highest BCUT2D eigenvalue weighted by Gasteiger charge is 2.06. The average Bonchev–Trinajstić information content (AvgIpc) is 1.86. The Kier molecular flexibility index (Phi) is 3.44. The van der Waals surface area contributed by atoms with E-state index in [-0.39, 0.29) is 23.1 Å². The zero-order valence-electron chi connectivity index (χ0n) is 5.97. The van der Waals surface area contributed by atoms with Crippen molar-refractivity contribution in [3.8, 4) is 0 Å². The van der Waals surface area contributed by atoms with Crippen LogP contribution >= 0.6 is 12.4 Å². The lowest BCUT2D eigenvalue weighted by Gasteiger charge is -1.96. The van der Waals surface area contributed by atoms with Gasteiger partial charge < -0.3 is 5.73 Å². The van der Waals surface area contributed by atoms with Crippen LogP contribution in [0.1, 0.15) is 0 Å². The largest absolute Gasteiger partial charge is 0.384 e. The highest BCUT2D eigenvalue weighted by molar-refractivity contribution is 7.89. The van der Waals surface area contributed by atoms with Gasteiger partial charge in [-0.25, -0.2) is 18.5 Å². The molecule has 0 fully saturated rings. The van der Waals surface area contributed by atoms with Crippen LogP contribution in [0.5, 0.6) is 0 Å². The Morgan fingerprint density at radius 3 is 2.33 bits per heavy atom. The van der Waals surface area contributed by atoms with E-state index < -0.39 is 10.0 Å². The lowest BCUT2D eigenvalue weighted by atomic mass is 10.5. The minimum atomic E-state index is -3.65. The molecular formula is C5H8ClN3O2S. The fourth-order valence-corrected chi connectivity index (χ4v) is 1.14. The quantitative estimate of drug-likeness (QED) is 0.665. The molecule has 7 heteroatoms. The molecule has 0 unspecified atom stereocenters. The van der Waals surface area contributed by atoms with Crippen molar-refractivity contribution < 1.29 is 8.42 Å². The predicted molar refractivity (Wildman–Crippen MR) is 47.3 cm³/mol. The molecule has 0 atom stereocenters. The van der Waals surface area contributed by atoms with E-state index in [1.165, 1.54) is 18.3 Å². The van der Waals surface area contributed by atoms with Gasteiger partial charge in [-0.05, 0) is 6.07 Å². The first-order chi connectivity index (χ1) is 5.00. The SMILES string of the molecule is Cl.Nc1cc(S(N)(=O)=O)ccn1. The van der Waals surface area contributed by atoms with Crippen molar-refractivity contribution in [1.82, 2.24) is 4.98 Å². The van der Waals surface area contributed by atoms with E-state index in [1.54, 1.807) is 0 Å². The Labute approximate surface area is 76.2 Å². The van der Waals surface area contributed by atoms with Crippen molar-refractivity contribution >= 4 is 28.2 Å². The molecule has 68 valence electrons. The molecule has 1 aromatic rings. The second kappa shape index (κ2) is 3.70. The number of nitrogen functional groups attached to an aromatic ring is 1. The number of nitrogens with zero attached hydrogens (tertiary/aromatic N) is 1. The molecule has 4 N–H and O–H groups in total. The van der Waals surface area contributed by atoms with Gasteiger partial charge in [-0.15, -0.1) is 12.4 Å². The van der Waals surface area contributed by atoms with Gasteiger partial charge in [0.25, 0.3) is 0 Å². The van der Waals surface area contributed by atoms with Crippen LogP contribution in [0.2, 0.25) is 0 Å². The first-order valence-corrected chi connectivity index (χ1v) is 4.29. The van der Waals surface area contributed by atoms with Crippen LogP contribution in [0.25, 0.3) is 0 Å². The Bertz CT molecular complexity index is 365. The third kappa shape index (κ3) is 2.65. The van der Waals surface area contributed by atoms with Crippen molar-refractivity contribution in [2.75, 3.05) is 5.73 Å². The first-order valence-electron chi connectivity index (χ1n) is 2.74. The fraction of sp³-hybridized carbons (Fsp3) is 0. The van der Waals surface area contributed by atoms with E-state index in [9.17, 15) is 8.42 Å². The van der Waals surface area contributed by atoms with Gasteiger partial charge in [0.1, 0.15) is 5.82 Å². The maximum atomic E-state index is 10.7. The number of hydrogen-bond donors (Lipinski definition) is 2. The normalized spacial score (nSPS) is 10.4. The fourth-order valence-electron chi connectivity index (χ4n) is 0.605. The van der Waals surface area contributed by atoms with Gasteiger partial charge in [-0.3, -0.25) is 0 Å².